The SMILES string of the molecule is Ic1ccc(-n2ccc(CNC3CC3)n2)cc1. The van der Waals surface area contributed by atoms with Crippen LogP contribution >= 0.6 is 22.6 Å². The van der Waals surface area contributed by atoms with Crippen molar-refractivity contribution in [1.29, 1.82) is 0 Å². The van der Waals surface area contributed by atoms with Gasteiger partial charge in [0.05, 0.1) is 11.4 Å². The van der Waals surface area contributed by atoms with E-state index in [0.717, 1.165) is 24.0 Å². The Labute approximate surface area is 114 Å². The zero-order valence-corrected chi connectivity index (χ0v) is 11.6. The molecule has 3 nitrogen and oxygen atoms in total. The number of nitrogens with zero attached hydrogens (tertiary/aromatic N) is 2. The van der Waals surface area contributed by atoms with Gasteiger partial charge in [0.25, 0.3) is 0 Å². The summed E-state index contributed by atoms with van der Waals surface area (Å²) in [6.07, 6.45) is 4.65. The molecule has 1 aliphatic rings. The summed E-state index contributed by atoms with van der Waals surface area (Å²) in [4.78, 5) is 0. The Kier molecular flexibility index (Phi) is 3.15. The zero-order chi connectivity index (χ0) is 11.7. The molecule has 3 rings (SSSR count). The van der Waals surface area contributed by atoms with Crippen LogP contribution in [0.15, 0.2) is 36.5 Å². The fourth-order valence-corrected chi connectivity index (χ4v) is 2.09. The Morgan fingerprint density at radius 2 is 2.00 bits per heavy atom. The van der Waals surface area contributed by atoms with Crippen molar-refractivity contribution in [2.75, 3.05) is 0 Å². The number of halogens is 1. The minimum atomic E-state index is 0.735. The maximum atomic E-state index is 4.56. The van der Waals surface area contributed by atoms with E-state index in [2.05, 4.69) is 63.3 Å². The second-order valence-electron chi connectivity index (χ2n) is 4.38. The van der Waals surface area contributed by atoms with Gasteiger partial charge in [0.15, 0.2) is 0 Å². The van der Waals surface area contributed by atoms with Crippen LogP contribution in [0.25, 0.3) is 5.69 Å². The molecule has 0 unspecified atom stereocenters. The van der Waals surface area contributed by atoms with Crippen molar-refractivity contribution in [3.63, 3.8) is 0 Å². The molecule has 1 aromatic carbocycles. The highest BCUT2D eigenvalue weighted by molar-refractivity contribution is 14.1. The molecule has 17 heavy (non-hydrogen) atoms. The highest BCUT2D eigenvalue weighted by atomic mass is 127. The third-order valence-corrected chi connectivity index (χ3v) is 3.60. The van der Waals surface area contributed by atoms with Gasteiger partial charge in [0, 0.05) is 22.4 Å². The standard InChI is InChI=1S/C13H14IN3/c14-10-1-5-13(6-2-10)17-8-7-12(16-17)9-15-11-3-4-11/h1-2,5-8,11,15H,3-4,9H2. The lowest BCUT2D eigenvalue weighted by Crippen LogP contribution is -2.15. The van der Waals surface area contributed by atoms with Crippen molar-refractivity contribution >= 4 is 22.6 Å². The van der Waals surface area contributed by atoms with E-state index < -0.39 is 0 Å². The van der Waals surface area contributed by atoms with Gasteiger partial charge in [0.2, 0.25) is 0 Å². The molecule has 0 spiro atoms. The topological polar surface area (TPSA) is 29.9 Å². The van der Waals surface area contributed by atoms with E-state index in [1.807, 2.05) is 10.9 Å². The van der Waals surface area contributed by atoms with E-state index in [1.165, 1.54) is 16.4 Å². The largest absolute Gasteiger partial charge is 0.308 e. The molecule has 2 aromatic rings. The van der Waals surface area contributed by atoms with Gasteiger partial charge in [-0.15, -0.1) is 0 Å². The second kappa shape index (κ2) is 4.78. The van der Waals surface area contributed by atoms with Gasteiger partial charge in [-0.1, -0.05) is 0 Å². The zero-order valence-electron chi connectivity index (χ0n) is 9.44. The van der Waals surface area contributed by atoms with E-state index in [-0.39, 0.29) is 0 Å². The van der Waals surface area contributed by atoms with Crippen LogP contribution in [0.3, 0.4) is 0 Å². The van der Waals surface area contributed by atoms with E-state index in [0.29, 0.717) is 0 Å². The Morgan fingerprint density at radius 3 is 2.71 bits per heavy atom. The van der Waals surface area contributed by atoms with Crippen LogP contribution in [0.5, 0.6) is 0 Å². The van der Waals surface area contributed by atoms with Gasteiger partial charge in [0.1, 0.15) is 0 Å². The number of rotatable bonds is 4. The van der Waals surface area contributed by atoms with Crippen molar-refractivity contribution < 1.29 is 0 Å². The first-order valence-electron chi connectivity index (χ1n) is 5.85. The summed E-state index contributed by atoms with van der Waals surface area (Å²) in [5, 5.41) is 8.03. The molecular weight excluding hydrogens is 325 g/mol. The van der Waals surface area contributed by atoms with E-state index in [4.69, 9.17) is 0 Å². The highest BCUT2D eigenvalue weighted by Gasteiger charge is 2.20. The maximum absolute atomic E-state index is 4.56. The fraction of sp³-hybridized carbons (Fsp3) is 0.308. The van der Waals surface area contributed by atoms with Gasteiger partial charge in [-0.3, -0.25) is 0 Å². The quantitative estimate of drug-likeness (QED) is 0.868. The molecule has 0 aliphatic heterocycles. The van der Waals surface area contributed by atoms with Crippen molar-refractivity contribution in [2.45, 2.75) is 25.4 Å². The molecule has 0 saturated heterocycles. The van der Waals surface area contributed by atoms with E-state index in [9.17, 15) is 0 Å². The van der Waals surface area contributed by atoms with Crippen molar-refractivity contribution in [2.24, 2.45) is 0 Å². The summed E-state index contributed by atoms with van der Waals surface area (Å²) < 4.78 is 3.18. The number of aromatic nitrogens is 2. The molecule has 4 heteroatoms. The number of benzene rings is 1. The Hall–Kier alpha value is -0.880. The molecule has 1 N–H and O–H groups in total. The molecule has 1 saturated carbocycles. The lowest BCUT2D eigenvalue weighted by molar-refractivity contribution is 0.665. The molecule has 0 radical (unpaired) electrons. The lowest BCUT2D eigenvalue weighted by atomic mass is 10.3. The van der Waals surface area contributed by atoms with Crippen molar-refractivity contribution in [3.05, 3.63) is 45.8 Å². The molecule has 0 bridgehead atoms. The summed E-state index contributed by atoms with van der Waals surface area (Å²) >= 11 is 2.31. The summed E-state index contributed by atoms with van der Waals surface area (Å²) in [6.45, 7) is 0.877. The first-order valence-corrected chi connectivity index (χ1v) is 6.93. The predicted molar refractivity (Wildman–Crippen MR) is 76.1 cm³/mol. The molecule has 88 valence electrons. The number of hydrogen-bond acceptors (Lipinski definition) is 2. The minimum absolute atomic E-state index is 0.735. The summed E-state index contributed by atoms with van der Waals surface area (Å²) in [5.74, 6) is 0. The Morgan fingerprint density at radius 1 is 1.24 bits per heavy atom. The van der Waals surface area contributed by atoms with Crippen LogP contribution in [0, 0.1) is 3.57 Å². The number of nitrogens with one attached hydrogen (secondary N) is 1. The predicted octanol–water partition coefficient (Wildman–Crippen LogP) is 2.73. The first kappa shape index (κ1) is 11.2. The van der Waals surface area contributed by atoms with Gasteiger partial charge in [-0.2, -0.15) is 5.10 Å². The highest BCUT2D eigenvalue weighted by Crippen LogP contribution is 2.19. The van der Waals surface area contributed by atoms with E-state index >= 15 is 0 Å². The minimum Gasteiger partial charge on any atom is -0.308 e. The monoisotopic (exact) mass is 339 g/mol. The summed E-state index contributed by atoms with van der Waals surface area (Å²) in [5.41, 5.74) is 2.22. The van der Waals surface area contributed by atoms with Crippen LogP contribution in [0.1, 0.15) is 18.5 Å². The van der Waals surface area contributed by atoms with Gasteiger partial charge in [-0.25, -0.2) is 4.68 Å². The fourth-order valence-electron chi connectivity index (χ4n) is 1.73. The van der Waals surface area contributed by atoms with Crippen LogP contribution in [-0.4, -0.2) is 15.8 Å². The maximum Gasteiger partial charge on any atom is 0.0766 e. The molecular formula is C13H14IN3. The molecule has 1 heterocycles. The smallest absolute Gasteiger partial charge is 0.0766 e. The Balaban J connectivity index is 1.72. The Bertz CT molecular complexity index is 500. The van der Waals surface area contributed by atoms with Gasteiger partial charge in [-0.05, 0) is 65.8 Å². The number of hydrogen-bond donors (Lipinski definition) is 1. The van der Waals surface area contributed by atoms with E-state index in [1.54, 1.807) is 0 Å². The first-order chi connectivity index (χ1) is 8.31. The van der Waals surface area contributed by atoms with Gasteiger partial charge >= 0.3 is 0 Å². The molecule has 0 amide bonds. The van der Waals surface area contributed by atoms with Crippen LogP contribution in [-0.2, 0) is 6.54 Å². The molecule has 1 aromatic heterocycles. The third kappa shape index (κ3) is 2.87. The lowest BCUT2D eigenvalue weighted by Gasteiger charge is -2.01. The van der Waals surface area contributed by atoms with Crippen molar-refractivity contribution in [3.8, 4) is 5.69 Å². The normalized spacial score (nSPS) is 15.1. The van der Waals surface area contributed by atoms with Crippen LogP contribution in [0.4, 0.5) is 0 Å². The van der Waals surface area contributed by atoms with Crippen LogP contribution in [0.2, 0.25) is 0 Å². The average molecular weight is 339 g/mol. The average Bonchev–Trinajstić information content (AvgIpc) is 3.06. The molecule has 1 fully saturated rings. The second-order valence-corrected chi connectivity index (χ2v) is 5.63. The molecule has 1 aliphatic carbocycles. The summed E-state index contributed by atoms with van der Waals surface area (Å²) in [7, 11) is 0. The summed E-state index contributed by atoms with van der Waals surface area (Å²) in [6, 6.07) is 11.2. The third-order valence-electron chi connectivity index (χ3n) is 2.88. The van der Waals surface area contributed by atoms with Gasteiger partial charge < -0.3 is 5.32 Å². The van der Waals surface area contributed by atoms with Crippen LogP contribution < -0.4 is 5.32 Å². The molecule has 0 atom stereocenters. The van der Waals surface area contributed by atoms with Crippen molar-refractivity contribution in [1.82, 2.24) is 15.1 Å².